The molecular formula is C20H33N3O4S. The first-order chi connectivity index (χ1) is 13.4. The maximum absolute atomic E-state index is 12.3. The molecule has 8 heteroatoms. The first-order valence-corrected chi connectivity index (χ1v) is 12.4. The third-order valence-electron chi connectivity index (χ3n) is 5.91. The van der Waals surface area contributed by atoms with Gasteiger partial charge in [0, 0.05) is 25.9 Å². The van der Waals surface area contributed by atoms with Crippen LogP contribution in [-0.2, 0) is 32.5 Å². The number of sulfone groups is 1. The molecule has 0 amide bonds. The predicted molar refractivity (Wildman–Crippen MR) is 107 cm³/mol. The van der Waals surface area contributed by atoms with Gasteiger partial charge in [-0.3, -0.25) is 9.69 Å². The molecule has 0 N–H and O–H groups in total. The first kappa shape index (κ1) is 21.3. The van der Waals surface area contributed by atoms with E-state index >= 15 is 0 Å². The van der Waals surface area contributed by atoms with Crippen LogP contribution in [0.1, 0.15) is 57.6 Å². The lowest BCUT2D eigenvalue weighted by Gasteiger charge is -2.32. The molecule has 1 aromatic rings. The van der Waals surface area contributed by atoms with Crippen LogP contribution < -0.4 is 0 Å². The van der Waals surface area contributed by atoms with Crippen LogP contribution in [0.5, 0.6) is 0 Å². The van der Waals surface area contributed by atoms with Crippen molar-refractivity contribution in [1.29, 1.82) is 0 Å². The zero-order chi connectivity index (χ0) is 20.1. The van der Waals surface area contributed by atoms with Crippen LogP contribution in [0.15, 0.2) is 11.4 Å². The van der Waals surface area contributed by atoms with Gasteiger partial charge in [-0.15, -0.1) is 0 Å². The zero-order valence-electron chi connectivity index (χ0n) is 17.1. The van der Waals surface area contributed by atoms with Crippen molar-refractivity contribution >= 4 is 15.8 Å². The Morgan fingerprint density at radius 3 is 2.64 bits per heavy atom. The molecule has 2 heterocycles. The van der Waals surface area contributed by atoms with E-state index in [1.807, 2.05) is 11.5 Å². The van der Waals surface area contributed by atoms with Crippen molar-refractivity contribution in [1.82, 2.24) is 14.5 Å². The monoisotopic (exact) mass is 411 g/mol. The topological polar surface area (TPSA) is 81.5 Å². The van der Waals surface area contributed by atoms with Crippen molar-refractivity contribution in [3.63, 3.8) is 0 Å². The minimum atomic E-state index is -3.38. The molecule has 1 aliphatic heterocycles. The van der Waals surface area contributed by atoms with Crippen molar-refractivity contribution in [2.75, 3.05) is 26.0 Å². The number of piperidine rings is 1. The van der Waals surface area contributed by atoms with E-state index < -0.39 is 9.84 Å². The Morgan fingerprint density at radius 2 is 1.96 bits per heavy atom. The number of carbonyl (C=O) groups is 1. The number of nitrogens with zero attached hydrogens (tertiary/aromatic N) is 3. The molecule has 2 fully saturated rings. The number of aromatic nitrogens is 2. The highest BCUT2D eigenvalue weighted by Crippen LogP contribution is 2.28. The minimum Gasteiger partial charge on any atom is -0.466 e. The van der Waals surface area contributed by atoms with Crippen LogP contribution in [0.4, 0.5) is 0 Å². The van der Waals surface area contributed by atoms with Gasteiger partial charge in [0.2, 0.25) is 15.0 Å². The van der Waals surface area contributed by atoms with E-state index in [1.54, 1.807) is 6.20 Å². The van der Waals surface area contributed by atoms with Gasteiger partial charge in [0.15, 0.2) is 0 Å². The van der Waals surface area contributed by atoms with Crippen molar-refractivity contribution < 1.29 is 17.9 Å². The molecule has 1 aliphatic carbocycles. The fourth-order valence-electron chi connectivity index (χ4n) is 4.52. The molecule has 0 aromatic carbocycles. The molecule has 28 heavy (non-hydrogen) atoms. The lowest BCUT2D eigenvalue weighted by Crippen LogP contribution is -2.39. The van der Waals surface area contributed by atoms with Crippen molar-refractivity contribution in [2.24, 2.45) is 11.8 Å². The lowest BCUT2D eigenvalue weighted by atomic mass is 9.89. The summed E-state index contributed by atoms with van der Waals surface area (Å²) >= 11 is 0. The van der Waals surface area contributed by atoms with Gasteiger partial charge in [0.05, 0.1) is 24.4 Å². The predicted octanol–water partition coefficient (Wildman–Crippen LogP) is 2.64. The average Bonchev–Trinajstić information content (AvgIpc) is 3.05. The molecule has 0 radical (unpaired) electrons. The molecule has 1 saturated carbocycles. The van der Waals surface area contributed by atoms with Gasteiger partial charge in [-0.25, -0.2) is 13.4 Å². The number of esters is 1. The van der Waals surface area contributed by atoms with Crippen LogP contribution >= 0.6 is 0 Å². The second-order valence-corrected chi connectivity index (χ2v) is 10.2. The quantitative estimate of drug-likeness (QED) is 0.642. The molecule has 0 unspecified atom stereocenters. The van der Waals surface area contributed by atoms with E-state index in [9.17, 15) is 13.2 Å². The van der Waals surface area contributed by atoms with Crippen molar-refractivity contribution in [3.05, 3.63) is 11.9 Å². The van der Waals surface area contributed by atoms with E-state index in [0.717, 1.165) is 37.9 Å². The summed E-state index contributed by atoms with van der Waals surface area (Å²) in [6.45, 7) is 5.12. The van der Waals surface area contributed by atoms with Gasteiger partial charge < -0.3 is 9.30 Å². The van der Waals surface area contributed by atoms with Gasteiger partial charge in [-0.05, 0) is 45.1 Å². The van der Waals surface area contributed by atoms with E-state index in [2.05, 4.69) is 9.88 Å². The van der Waals surface area contributed by atoms with Crippen LogP contribution in [-0.4, -0.2) is 54.8 Å². The van der Waals surface area contributed by atoms with Crippen LogP contribution in [0, 0.1) is 11.8 Å². The number of hydrogen-bond acceptors (Lipinski definition) is 6. The Hall–Kier alpha value is -1.41. The fourth-order valence-corrected chi connectivity index (χ4v) is 5.35. The molecule has 1 saturated heterocycles. The lowest BCUT2D eigenvalue weighted by molar-refractivity contribution is -0.150. The van der Waals surface area contributed by atoms with E-state index in [4.69, 9.17) is 4.74 Å². The van der Waals surface area contributed by atoms with Crippen LogP contribution in [0.25, 0.3) is 0 Å². The summed E-state index contributed by atoms with van der Waals surface area (Å²) in [5.41, 5.74) is 0.926. The van der Waals surface area contributed by atoms with Gasteiger partial charge >= 0.3 is 5.97 Å². The number of ether oxygens (including phenoxy) is 1. The van der Waals surface area contributed by atoms with Crippen molar-refractivity contribution in [2.45, 2.75) is 70.1 Å². The van der Waals surface area contributed by atoms with E-state index in [0.29, 0.717) is 32.2 Å². The molecular weight excluding hydrogens is 378 g/mol. The smallest absolute Gasteiger partial charge is 0.310 e. The first-order valence-electron chi connectivity index (χ1n) is 10.5. The summed E-state index contributed by atoms with van der Waals surface area (Å²) < 4.78 is 31.6. The minimum absolute atomic E-state index is 0.0993. The molecule has 1 atom stereocenters. The summed E-state index contributed by atoms with van der Waals surface area (Å²) in [5.74, 6) is 0.286. The number of hydrogen-bond donors (Lipinski definition) is 0. The zero-order valence-corrected chi connectivity index (χ0v) is 17.9. The highest BCUT2D eigenvalue weighted by Gasteiger charge is 2.29. The fraction of sp³-hybridized carbons (Fsp3) is 0.800. The van der Waals surface area contributed by atoms with Crippen LogP contribution in [0.3, 0.4) is 0 Å². The number of imidazole rings is 1. The van der Waals surface area contributed by atoms with Gasteiger partial charge in [-0.2, -0.15) is 0 Å². The molecule has 3 rings (SSSR count). The summed E-state index contributed by atoms with van der Waals surface area (Å²) in [7, 11) is -3.38. The number of rotatable bonds is 7. The average molecular weight is 412 g/mol. The second-order valence-electron chi connectivity index (χ2n) is 8.25. The molecule has 2 aliphatic rings. The van der Waals surface area contributed by atoms with Crippen LogP contribution in [0.2, 0.25) is 0 Å². The summed E-state index contributed by atoms with van der Waals surface area (Å²) in [4.78, 5) is 18.6. The van der Waals surface area contributed by atoms with Gasteiger partial charge in [0.25, 0.3) is 0 Å². The SMILES string of the molecule is CCOC(=O)[C@@H]1CCCN(Cc2cnc(S(C)(=O)=O)n2CC2CCCCC2)C1. The maximum Gasteiger partial charge on any atom is 0.310 e. The highest BCUT2D eigenvalue weighted by atomic mass is 32.2. The normalized spacial score (nSPS) is 22.3. The van der Waals surface area contributed by atoms with Gasteiger partial charge in [0.1, 0.15) is 0 Å². The molecule has 7 nitrogen and oxygen atoms in total. The summed E-state index contributed by atoms with van der Waals surface area (Å²) in [6.07, 6.45) is 10.7. The van der Waals surface area contributed by atoms with Gasteiger partial charge in [-0.1, -0.05) is 19.3 Å². The Labute approximate surface area is 168 Å². The van der Waals surface area contributed by atoms with E-state index in [1.165, 1.54) is 25.5 Å². The molecule has 0 spiro atoms. The Kier molecular flexibility index (Phi) is 7.15. The Bertz CT molecular complexity index is 768. The number of carbonyl (C=O) groups excluding carboxylic acids is 1. The maximum atomic E-state index is 12.3. The van der Waals surface area contributed by atoms with E-state index in [-0.39, 0.29) is 17.0 Å². The third kappa shape index (κ3) is 5.35. The molecule has 0 bridgehead atoms. The molecule has 1 aromatic heterocycles. The molecule has 158 valence electrons. The number of likely N-dealkylation sites (tertiary alicyclic amines) is 1. The van der Waals surface area contributed by atoms with Crippen molar-refractivity contribution in [3.8, 4) is 0 Å². The summed E-state index contributed by atoms with van der Waals surface area (Å²) in [6, 6.07) is 0. The summed E-state index contributed by atoms with van der Waals surface area (Å²) in [5, 5.41) is 0.173. The highest BCUT2D eigenvalue weighted by molar-refractivity contribution is 7.90. The third-order valence-corrected chi connectivity index (χ3v) is 6.90. The second kappa shape index (κ2) is 9.39. The standard InChI is InChI=1S/C20H33N3O4S/c1-3-27-19(24)17-10-7-11-22(14-17)15-18-12-21-20(28(2,25)26)23(18)13-16-8-5-4-6-9-16/h12,16-17H,3-11,13-15H2,1-2H3/t17-/m1/s1. The largest absolute Gasteiger partial charge is 0.466 e. The Balaban J connectivity index is 1.75. The Morgan fingerprint density at radius 1 is 1.21 bits per heavy atom.